The smallest absolute Gasteiger partial charge is 0.463 e. The molecule has 5 atom stereocenters. The Morgan fingerprint density at radius 2 is 0.688 bits per heavy atom. The Hall–Kier alpha value is -3.27. The van der Waals surface area contributed by atoms with Gasteiger partial charge in [-0.1, -0.05) is 176 Å². The molecule has 0 saturated heterocycles. The molecule has 0 radical (unpaired) electrons. The van der Waals surface area contributed by atoms with Gasteiger partial charge < -0.3 is 34.2 Å². The summed E-state index contributed by atoms with van der Waals surface area (Å²) in [6.45, 7) is 2.37. The number of aliphatic hydroxyl groups excluding tert-OH is 2. The van der Waals surface area contributed by atoms with Gasteiger partial charge in [-0.25, -0.2) is 9.13 Å². The Kier molecular flexibility index (Phi) is 51.1. The van der Waals surface area contributed by atoms with Gasteiger partial charge in [-0.3, -0.25) is 32.5 Å². The Balaban J connectivity index is 4.62. The molecule has 0 aliphatic heterocycles. The van der Waals surface area contributed by atoms with Crippen LogP contribution in [0, 0.1) is 0 Å². The lowest BCUT2D eigenvalue weighted by Crippen LogP contribution is -2.30. The van der Waals surface area contributed by atoms with E-state index in [0.717, 1.165) is 128 Å². The molecule has 0 rings (SSSR count). The Labute approximate surface area is 464 Å². The van der Waals surface area contributed by atoms with Crippen molar-refractivity contribution in [3.63, 3.8) is 0 Å². The van der Waals surface area contributed by atoms with Gasteiger partial charge in [0.15, 0.2) is 6.10 Å². The largest absolute Gasteiger partial charge is 0.472 e. The normalized spacial score (nSPS) is 15.2. The number of hydrogen-bond acceptors (Lipinski definition) is 14. The molecule has 0 aliphatic carbocycles. The van der Waals surface area contributed by atoms with E-state index in [0.29, 0.717) is 19.3 Å². The Bertz CT molecular complexity index is 1760. The van der Waals surface area contributed by atoms with Gasteiger partial charge in [0.1, 0.15) is 25.4 Å². The molecule has 77 heavy (non-hydrogen) atoms. The third kappa shape index (κ3) is 54.5. The second kappa shape index (κ2) is 53.4. The molecular formula is C59H102O16P2. The van der Waals surface area contributed by atoms with Crippen molar-refractivity contribution >= 4 is 33.6 Å². The predicted molar refractivity (Wildman–Crippen MR) is 307 cm³/mol. The Morgan fingerprint density at radius 3 is 1.12 bits per heavy atom. The molecule has 0 aliphatic rings. The second-order valence-corrected chi connectivity index (χ2v) is 22.0. The highest BCUT2D eigenvalue weighted by molar-refractivity contribution is 7.47. The van der Waals surface area contributed by atoms with Crippen LogP contribution in [0.25, 0.3) is 0 Å². The second-order valence-electron chi connectivity index (χ2n) is 19.1. The van der Waals surface area contributed by atoms with E-state index >= 15 is 0 Å². The molecule has 0 aromatic heterocycles. The summed E-state index contributed by atoms with van der Waals surface area (Å²) in [6, 6.07) is 0. The predicted octanol–water partition coefficient (Wildman–Crippen LogP) is 14.6. The molecule has 4 N–H and O–H groups in total. The molecule has 0 aromatic rings. The lowest BCUT2D eigenvalue weighted by atomic mass is 10.1. The number of hydrogen-bond donors (Lipinski definition) is 4. The summed E-state index contributed by atoms with van der Waals surface area (Å²) in [6.07, 6.45) is 52.5. The van der Waals surface area contributed by atoms with Crippen molar-refractivity contribution in [1.29, 1.82) is 0 Å². The summed E-state index contributed by atoms with van der Waals surface area (Å²) in [5.74, 6) is -1.63. The standard InChI is InChI=1S/C59H102O16P2/c1-4-7-10-13-16-19-22-23-24-25-26-27-28-29-32-34-36-39-42-45-57(62)69-48-54(60)49-71-76(65,66)72-50-55(61)51-73-77(67,68)74-53-56(75-59(64)47-44-41-38-35-31-21-18-15-12-9-6-3)52-70-58(63)46-43-40-37-33-30-20-17-14-11-8-5-2/h7,10,14-19,23-24,26-27,29,32,54-56,60-61H,4-6,8-9,11-13,20-22,25,28,30-31,33-53H2,1-3H3,(H,65,66)(H,67,68)/b10-7-,17-14-,18-15-,19-16-,24-23-,27-26-,32-29-. The van der Waals surface area contributed by atoms with Gasteiger partial charge in [-0.05, 0) is 103 Å². The van der Waals surface area contributed by atoms with Crippen LogP contribution in [0.15, 0.2) is 85.1 Å². The van der Waals surface area contributed by atoms with Crippen molar-refractivity contribution in [3.05, 3.63) is 85.1 Å². The first-order valence-electron chi connectivity index (χ1n) is 28.9. The molecule has 444 valence electrons. The molecule has 0 fully saturated rings. The van der Waals surface area contributed by atoms with Crippen molar-refractivity contribution in [1.82, 2.24) is 0 Å². The molecule has 0 heterocycles. The van der Waals surface area contributed by atoms with E-state index in [9.17, 15) is 43.5 Å². The zero-order chi connectivity index (χ0) is 56.8. The summed E-state index contributed by atoms with van der Waals surface area (Å²) >= 11 is 0. The van der Waals surface area contributed by atoms with Gasteiger partial charge >= 0.3 is 33.6 Å². The third-order valence-corrected chi connectivity index (χ3v) is 13.5. The topological polar surface area (TPSA) is 231 Å². The highest BCUT2D eigenvalue weighted by Gasteiger charge is 2.29. The van der Waals surface area contributed by atoms with Gasteiger partial charge in [-0.2, -0.15) is 0 Å². The fourth-order valence-electron chi connectivity index (χ4n) is 7.09. The first-order chi connectivity index (χ1) is 37.2. The highest BCUT2D eigenvalue weighted by Crippen LogP contribution is 2.45. The van der Waals surface area contributed by atoms with Crippen LogP contribution in [-0.4, -0.2) is 95.9 Å². The first-order valence-corrected chi connectivity index (χ1v) is 31.9. The maximum Gasteiger partial charge on any atom is 0.472 e. The average molecular weight is 1130 g/mol. The van der Waals surface area contributed by atoms with Crippen LogP contribution in [0.3, 0.4) is 0 Å². The number of unbranched alkanes of at least 4 members (excludes halogenated alkanes) is 17. The molecule has 16 nitrogen and oxygen atoms in total. The summed E-state index contributed by atoms with van der Waals surface area (Å²) in [5, 5.41) is 20.4. The summed E-state index contributed by atoms with van der Waals surface area (Å²) in [5.41, 5.74) is 0. The number of allylic oxidation sites excluding steroid dienone is 14. The average Bonchev–Trinajstić information content (AvgIpc) is 3.40. The minimum Gasteiger partial charge on any atom is -0.463 e. The summed E-state index contributed by atoms with van der Waals surface area (Å²) in [4.78, 5) is 57.9. The quantitative estimate of drug-likeness (QED) is 0.0146. The molecule has 0 saturated carbocycles. The van der Waals surface area contributed by atoms with Crippen molar-refractivity contribution in [2.75, 3.05) is 39.6 Å². The number of carbonyl (C=O) groups is 3. The van der Waals surface area contributed by atoms with Crippen molar-refractivity contribution in [2.24, 2.45) is 0 Å². The van der Waals surface area contributed by atoms with Crippen LogP contribution in [0.2, 0.25) is 0 Å². The van der Waals surface area contributed by atoms with Gasteiger partial charge in [0.25, 0.3) is 0 Å². The van der Waals surface area contributed by atoms with Crippen LogP contribution in [0.4, 0.5) is 0 Å². The fraction of sp³-hybridized carbons (Fsp3) is 0.712. The van der Waals surface area contributed by atoms with E-state index in [1.807, 2.05) is 0 Å². The minimum absolute atomic E-state index is 0.0918. The summed E-state index contributed by atoms with van der Waals surface area (Å²) < 4.78 is 60.4. The van der Waals surface area contributed by atoms with Crippen LogP contribution >= 0.6 is 15.6 Å². The molecule has 5 unspecified atom stereocenters. The van der Waals surface area contributed by atoms with E-state index < -0.39 is 91.5 Å². The van der Waals surface area contributed by atoms with Crippen LogP contribution in [0.1, 0.15) is 213 Å². The van der Waals surface area contributed by atoms with Crippen LogP contribution < -0.4 is 0 Å². The van der Waals surface area contributed by atoms with Gasteiger partial charge in [0, 0.05) is 19.3 Å². The van der Waals surface area contributed by atoms with Gasteiger partial charge in [-0.15, -0.1) is 0 Å². The molecule has 18 heteroatoms. The maximum absolute atomic E-state index is 12.8. The van der Waals surface area contributed by atoms with E-state index in [4.69, 9.17) is 32.3 Å². The molecule has 0 amide bonds. The lowest BCUT2D eigenvalue weighted by molar-refractivity contribution is -0.161. The number of rotatable bonds is 54. The lowest BCUT2D eigenvalue weighted by Gasteiger charge is -2.21. The van der Waals surface area contributed by atoms with Crippen molar-refractivity contribution < 1.29 is 75.8 Å². The Morgan fingerprint density at radius 1 is 0.377 bits per heavy atom. The summed E-state index contributed by atoms with van der Waals surface area (Å²) in [7, 11) is -9.76. The van der Waals surface area contributed by atoms with E-state index in [1.165, 1.54) is 25.7 Å². The van der Waals surface area contributed by atoms with E-state index in [-0.39, 0.29) is 19.3 Å². The molecular weight excluding hydrogens is 1030 g/mol. The zero-order valence-corrected chi connectivity index (χ0v) is 49.1. The molecule has 0 aromatic carbocycles. The minimum atomic E-state index is -4.91. The number of aliphatic hydroxyl groups is 2. The number of ether oxygens (including phenoxy) is 3. The number of phosphoric acid groups is 2. The highest BCUT2D eigenvalue weighted by atomic mass is 31.2. The SMILES string of the molecule is CC/C=C\C/C=C\C/C=C\C/C=C\C/C=C\CCCCCC(=O)OCC(O)COP(=O)(O)OCC(O)COP(=O)(O)OCC(COC(=O)CCCCCCC/C=C\CCCC)OC(=O)CCCCCCC/C=C\CCCC. The zero-order valence-electron chi connectivity index (χ0n) is 47.4. The van der Waals surface area contributed by atoms with Crippen LogP contribution in [-0.2, 0) is 55.8 Å². The number of phosphoric ester groups is 2. The van der Waals surface area contributed by atoms with E-state index in [1.54, 1.807) is 0 Å². The van der Waals surface area contributed by atoms with Gasteiger partial charge in [0.05, 0.1) is 26.4 Å². The first kappa shape index (κ1) is 73.7. The van der Waals surface area contributed by atoms with E-state index in [2.05, 4.69) is 106 Å². The number of carbonyl (C=O) groups excluding carboxylic acids is 3. The third-order valence-electron chi connectivity index (χ3n) is 11.6. The van der Waals surface area contributed by atoms with Gasteiger partial charge in [0.2, 0.25) is 0 Å². The monoisotopic (exact) mass is 1130 g/mol. The molecule has 0 spiro atoms. The molecule has 0 bridgehead atoms. The van der Waals surface area contributed by atoms with Crippen molar-refractivity contribution in [3.8, 4) is 0 Å². The fourth-order valence-corrected chi connectivity index (χ4v) is 8.67. The van der Waals surface area contributed by atoms with Crippen LogP contribution in [0.5, 0.6) is 0 Å². The maximum atomic E-state index is 12.8. The number of esters is 3. The van der Waals surface area contributed by atoms with Crippen molar-refractivity contribution in [2.45, 2.75) is 232 Å².